The fourth-order valence-corrected chi connectivity index (χ4v) is 6.19. The number of aromatic nitrogens is 4. The van der Waals surface area contributed by atoms with E-state index in [0.717, 1.165) is 5.56 Å². The van der Waals surface area contributed by atoms with Crippen LogP contribution in [0.3, 0.4) is 0 Å². The molecule has 34 heavy (non-hydrogen) atoms. The zero-order valence-corrected chi connectivity index (χ0v) is 21.9. The van der Waals surface area contributed by atoms with Crippen LogP contribution in [0.15, 0.2) is 61.7 Å². The Morgan fingerprint density at radius 2 is 1.53 bits per heavy atom. The molecule has 2 aromatic carbocycles. The second-order valence-electron chi connectivity index (χ2n) is 6.43. The first-order valence-electron chi connectivity index (χ1n) is 9.49. The fraction of sp³-hybridized carbons (Fsp3) is 0.100. The summed E-state index contributed by atoms with van der Waals surface area (Å²) in [6, 6.07) is 13.3. The van der Waals surface area contributed by atoms with E-state index in [4.69, 9.17) is 0 Å². The Bertz CT molecular complexity index is 1300. The van der Waals surface area contributed by atoms with Crippen molar-refractivity contribution < 1.29 is 14.0 Å². The summed E-state index contributed by atoms with van der Waals surface area (Å²) >= 11 is 8.45. The SMILES string of the molecule is O=C(CSc1nnc(NC(=O)c2ccccc2Br)s1)Nc1nnc(SCc2ccc(F)cc2)s1. The van der Waals surface area contributed by atoms with Crippen molar-refractivity contribution in [2.45, 2.75) is 14.4 Å². The Hall–Kier alpha value is -2.39. The Labute approximate surface area is 218 Å². The van der Waals surface area contributed by atoms with Gasteiger partial charge >= 0.3 is 0 Å². The smallest absolute Gasteiger partial charge is 0.258 e. The van der Waals surface area contributed by atoms with E-state index in [9.17, 15) is 14.0 Å². The van der Waals surface area contributed by atoms with Crippen molar-refractivity contribution in [1.29, 1.82) is 0 Å². The summed E-state index contributed by atoms with van der Waals surface area (Å²) in [5.41, 5.74) is 1.45. The molecule has 0 saturated heterocycles. The average Bonchev–Trinajstić information content (AvgIpc) is 3.47. The van der Waals surface area contributed by atoms with Crippen molar-refractivity contribution in [3.05, 3.63) is 69.9 Å². The molecule has 0 aliphatic heterocycles. The number of halogens is 2. The van der Waals surface area contributed by atoms with Crippen LogP contribution in [0, 0.1) is 5.82 Å². The Balaban J connectivity index is 1.22. The molecule has 2 aromatic heterocycles. The van der Waals surface area contributed by atoms with Crippen molar-refractivity contribution in [1.82, 2.24) is 20.4 Å². The zero-order chi connectivity index (χ0) is 23.9. The molecule has 0 unspecified atom stereocenters. The summed E-state index contributed by atoms with van der Waals surface area (Å²) in [5, 5.41) is 22.1. The van der Waals surface area contributed by atoms with Crippen molar-refractivity contribution in [3.8, 4) is 0 Å². The van der Waals surface area contributed by atoms with Crippen molar-refractivity contribution in [2.75, 3.05) is 16.4 Å². The van der Waals surface area contributed by atoms with Gasteiger partial charge in [-0.05, 0) is 45.8 Å². The lowest BCUT2D eigenvalue weighted by molar-refractivity contribution is -0.113. The molecule has 0 radical (unpaired) electrons. The predicted molar refractivity (Wildman–Crippen MR) is 137 cm³/mol. The average molecular weight is 598 g/mol. The van der Waals surface area contributed by atoms with Gasteiger partial charge in [-0.15, -0.1) is 20.4 Å². The predicted octanol–water partition coefficient (Wildman–Crippen LogP) is 5.57. The van der Waals surface area contributed by atoms with Gasteiger partial charge in [0.1, 0.15) is 5.82 Å². The molecule has 2 heterocycles. The van der Waals surface area contributed by atoms with Crippen LogP contribution in [0.25, 0.3) is 0 Å². The molecule has 0 atom stereocenters. The topological polar surface area (TPSA) is 110 Å². The van der Waals surface area contributed by atoms with Gasteiger partial charge in [0.05, 0.1) is 11.3 Å². The molecule has 0 aliphatic carbocycles. The molecular formula is C20H14BrFN6O2S4. The van der Waals surface area contributed by atoms with Gasteiger partial charge in [-0.25, -0.2) is 4.39 Å². The summed E-state index contributed by atoms with van der Waals surface area (Å²) < 4.78 is 14.9. The maximum Gasteiger partial charge on any atom is 0.258 e. The van der Waals surface area contributed by atoms with E-state index in [1.54, 1.807) is 30.3 Å². The van der Waals surface area contributed by atoms with E-state index in [-0.39, 0.29) is 23.4 Å². The number of rotatable bonds is 9. The van der Waals surface area contributed by atoms with Gasteiger partial charge in [0, 0.05) is 10.2 Å². The number of carbonyl (C=O) groups excluding carboxylic acids is 2. The molecule has 0 saturated carbocycles. The van der Waals surface area contributed by atoms with Gasteiger partial charge < -0.3 is 0 Å². The van der Waals surface area contributed by atoms with Gasteiger partial charge in [0.2, 0.25) is 16.2 Å². The number of nitrogens with one attached hydrogen (secondary N) is 2. The molecule has 0 aliphatic rings. The first kappa shape index (κ1) is 24.7. The maximum absolute atomic E-state index is 13.0. The second kappa shape index (κ2) is 11.8. The minimum absolute atomic E-state index is 0.102. The molecule has 2 N–H and O–H groups in total. The lowest BCUT2D eigenvalue weighted by Crippen LogP contribution is -2.13. The van der Waals surface area contributed by atoms with Gasteiger partial charge in [-0.1, -0.05) is 70.5 Å². The summed E-state index contributed by atoms with van der Waals surface area (Å²) in [4.78, 5) is 24.6. The minimum atomic E-state index is -0.303. The zero-order valence-electron chi connectivity index (χ0n) is 17.0. The molecule has 4 aromatic rings. The van der Waals surface area contributed by atoms with E-state index in [0.29, 0.717) is 34.7 Å². The molecule has 0 fully saturated rings. The molecule has 8 nitrogen and oxygen atoms in total. The summed E-state index contributed by atoms with van der Waals surface area (Å²) in [5.74, 6) is -0.115. The van der Waals surface area contributed by atoms with E-state index in [1.807, 2.05) is 6.07 Å². The van der Waals surface area contributed by atoms with Gasteiger partial charge in [-0.3, -0.25) is 20.2 Å². The number of hydrogen-bond acceptors (Lipinski definition) is 10. The second-order valence-corrected chi connectivity index (χ2v) is 11.7. The van der Waals surface area contributed by atoms with Crippen LogP contribution >= 0.6 is 62.1 Å². The lowest BCUT2D eigenvalue weighted by atomic mass is 10.2. The van der Waals surface area contributed by atoms with E-state index >= 15 is 0 Å². The number of anilines is 2. The van der Waals surface area contributed by atoms with Crippen LogP contribution in [0.4, 0.5) is 14.7 Å². The molecule has 2 amide bonds. The summed E-state index contributed by atoms with van der Waals surface area (Å²) in [7, 11) is 0. The monoisotopic (exact) mass is 596 g/mol. The summed E-state index contributed by atoms with van der Waals surface area (Å²) in [6.45, 7) is 0. The van der Waals surface area contributed by atoms with Gasteiger partial charge in [0.25, 0.3) is 5.91 Å². The molecule has 0 spiro atoms. The van der Waals surface area contributed by atoms with E-state index in [2.05, 4.69) is 47.0 Å². The Kier molecular flexibility index (Phi) is 8.61. The number of benzene rings is 2. The first-order valence-corrected chi connectivity index (χ1v) is 13.9. The third-order valence-electron chi connectivity index (χ3n) is 4.00. The quantitative estimate of drug-likeness (QED) is 0.191. The van der Waals surface area contributed by atoms with Crippen molar-refractivity contribution >= 4 is 84.2 Å². The van der Waals surface area contributed by atoms with Crippen LogP contribution in [-0.4, -0.2) is 38.0 Å². The third-order valence-corrected chi connectivity index (χ3v) is 8.71. The highest BCUT2D eigenvalue weighted by Crippen LogP contribution is 2.29. The molecule has 4 rings (SSSR count). The number of carbonyl (C=O) groups is 2. The number of thioether (sulfide) groups is 2. The van der Waals surface area contributed by atoms with Crippen LogP contribution in [0.5, 0.6) is 0 Å². The van der Waals surface area contributed by atoms with Crippen LogP contribution < -0.4 is 10.6 Å². The first-order chi connectivity index (χ1) is 16.5. The molecular weight excluding hydrogens is 583 g/mol. The number of amides is 2. The highest BCUT2D eigenvalue weighted by atomic mass is 79.9. The van der Waals surface area contributed by atoms with E-state index in [1.165, 1.54) is 58.3 Å². The molecule has 0 bridgehead atoms. The molecule has 174 valence electrons. The largest absolute Gasteiger partial charge is 0.300 e. The Morgan fingerprint density at radius 1 is 0.882 bits per heavy atom. The third kappa shape index (κ3) is 7.06. The highest BCUT2D eigenvalue weighted by Gasteiger charge is 2.14. The van der Waals surface area contributed by atoms with Crippen molar-refractivity contribution in [2.24, 2.45) is 0 Å². The number of nitrogens with zero attached hydrogens (tertiary/aromatic N) is 4. The van der Waals surface area contributed by atoms with E-state index < -0.39 is 0 Å². The van der Waals surface area contributed by atoms with Gasteiger partial charge in [-0.2, -0.15) is 0 Å². The van der Waals surface area contributed by atoms with Gasteiger partial charge in [0.15, 0.2) is 8.68 Å². The standard InChI is InChI=1S/C20H14BrFN6O2S4/c21-14-4-2-1-3-13(14)16(30)24-18-26-28-20(34-18)32-10-15(29)23-17-25-27-19(33-17)31-9-11-5-7-12(22)8-6-11/h1-8H,9-10H2,(H,23,25,29)(H,24,26,30). The van der Waals surface area contributed by atoms with Crippen LogP contribution in [0.1, 0.15) is 15.9 Å². The molecule has 14 heteroatoms. The van der Waals surface area contributed by atoms with Crippen LogP contribution in [-0.2, 0) is 10.5 Å². The van der Waals surface area contributed by atoms with Crippen molar-refractivity contribution in [3.63, 3.8) is 0 Å². The normalized spacial score (nSPS) is 10.8. The van der Waals surface area contributed by atoms with Crippen LogP contribution in [0.2, 0.25) is 0 Å². The lowest BCUT2D eigenvalue weighted by Gasteiger charge is -2.02. The summed E-state index contributed by atoms with van der Waals surface area (Å²) in [6.07, 6.45) is 0. The fourth-order valence-electron chi connectivity index (χ4n) is 2.46. The maximum atomic E-state index is 13.0. The minimum Gasteiger partial charge on any atom is -0.300 e. The Morgan fingerprint density at radius 3 is 2.24 bits per heavy atom. The number of hydrogen-bond donors (Lipinski definition) is 2. The highest BCUT2D eigenvalue weighted by molar-refractivity contribution is 9.10.